The highest BCUT2D eigenvalue weighted by Gasteiger charge is 2.59. The van der Waals surface area contributed by atoms with Crippen LogP contribution < -0.4 is 10.6 Å². The molecule has 4 bridgehead atoms. The minimum atomic E-state index is -0.241. The van der Waals surface area contributed by atoms with Crippen molar-refractivity contribution in [2.75, 3.05) is 50.8 Å². The number of primary amides is 1. The molecule has 5 fully saturated rings. The van der Waals surface area contributed by atoms with Gasteiger partial charge in [-0.15, -0.1) is 0 Å². The van der Waals surface area contributed by atoms with Gasteiger partial charge < -0.3 is 15.4 Å². The second-order valence-corrected chi connectivity index (χ2v) is 12.0. The van der Waals surface area contributed by atoms with Crippen molar-refractivity contribution in [3.05, 3.63) is 36.5 Å². The lowest BCUT2D eigenvalue weighted by molar-refractivity contribution is -0.158. The molecule has 1 aliphatic heterocycles. The van der Waals surface area contributed by atoms with Crippen molar-refractivity contribution >= 4 is 28.5 Å². The summed E-state index contributed by atoms with van der Waals surface area (Å²) in [5.74, 6) is 4.30. The Morgan fingerprint density at radius 2 is 1.78 bits per heavy atom. The highest BCUT2D eigenvalue weighted by atomic mass is 16.5. The summed E-state index contributed by atoms with van der Waals surface area (Å²) in [6.45, 7) is 6.36. The second-order valence-electron chi connectivity index (χ2n) is 12.0. The van der Waals surface area contributed by atoms with Crippen molar-refractivity contribution in [3.8, 4) is 0 Å². The summed E-state index contributed by atoms with van der Waals surface area (Å²) in [4.78, 5) is 26.9. The Morgan fingerprint density at radius 3 is 2.57 bits per heavy atom. The van der Waals surface area contributed by atoms with E-state index in [2.05, 4.69) is 37.5 Å². The summed E-state index contributed by atoms with van der Waals surface area (Å²) in [5, 5.41) is 0. The largest absolute Gasteiger partial charge is 0.380 e. The number of fused-ring (bicyclic) bond motifs is 3. The molecule has 2 N–H and O–H groups in total. The normalized spacial score (nSPS) is 31.5. The van der Waals surface area contributed by atoms with E-state index in [1.165, 1.54) is 19.3 Å². The molecule has 8 heteroatoms. The van der Waals surface area contributed by atoms with Gasteiger partial charge in [0.05, 0.1) is 23.1 Å². The number of benzene rings is 1. The second kappa shape index (κ2) is 9.24. The molecular formula is C29H38N6O2. The maximum absolute atomic E-state index is 12.6. The van der Waals surface area contributed by atoms with E-state index in [9.17, 15) is 4.79 Å². The molecule has 1 amide bonds. The molecule has 8 rings (SSSR count). The number of amides is 1. The Bertz CT molecular complexity index is 1280. The summed E-state index contributed by atoms with van der Waals surface area (Å²) in [6, 6.07) is 10.3. The first-order chi connectivity index (χ1) is 18.1. The summed E-state index contributed by atoms with van der Waals surface area (Å²) in [6.07, 6.45) is 9.06. The fourth-order valence-electron chi connectivity index (χ4n) is 8.46. The first kappa shape index (κ1) is 23.4. The minimum Gasteiger partial charge on any atom is -0.380 e. The van der Waals surface area contributed by atoms with Crippen LogP contribution in [0.15, 0.2) is 36.5 Å². The van der Waals surface area contributed by atoms with Crippen molar-refractivity contribution < 1.29 is 9.53 Å². The average Bonchev–Trinajstić information content (AvgIpc) is 3.27. The van der Waals surface area contributed by atoms with Gasteiger partial charge in [-0.1, -0.05) is 12.1 Å². The minimum absolute atomic E-state index is 0.0378. The molecule has 37 heavy (non-hydrogen) atoms. The van der Waals surface area contributed by atoms with E-state index in [1.54, 1.807) is 0 Å². The van der Waals surface area contributed by atoms with Crippen molar-refractivity contribution in [2.24, 2.45) is 34.8 Å². The molecule has 0 radical (unpaired) electrons. The van der Waals surface area contributed by atoms with Crippen LogP contribution in [0, 0.1) is 29.1 Å². The first-order valence-corrected chi connectivity index (χ1v) is 14.2. The smallest absolute Gasteiger partial charge is 0.236 e. The van der Waals surface area contributed by atoms with E-state index < -0.39 is 0 Å². The highest BCUT2D eigenvalue weighted by Crippen LogP contribution is 2.63. The number of rotatable bonds is 8. The van der Waals surface area contributed by atoms with Gasteiger partial charge in [-0.25, -0.2) is 4.98 Å². The molecule has 1 saturated heterocycles. The first-order valence-electron chi connectivity index (χ1n) is 14.2. The van der Waals surface area contributed by atoms with E-state index in [0.717, 1.165) is 99.7 Å². The number of piperazine rings is 1. The number of anilines is 1. The molecule has 3 aromatic rings. The van der Waals surface area contributed by atoms with E-state index in [4.69, 9.17) is 15.5 Å². The number of hydrogen-bond donors (Lipinski definition) is 1. The Labute approximate surface area is 218 Å². The summed E-state index contributed by atoms with van der Waals surface area (Å²) in [5.41, 5.74) is 7.84. The standard InChI is InChI=1S/C29H38N6O2/c30-27(36)29-18-20-15-21(19-29)17-22(16-20)23(29)6-13-37-14-12-33-8-10-34(11-9-33)26-5-7-35-25-4-2-1-3-24(25)31-28(35)32-26/h1-5,7,20-23H,6,8-19H2,(H2,30,36). The SMILES string of the molecule is NC(=O)C12CC3CC(CC(C3)C1CCOCCN1CCN(c3ccn4c(n3)nc3ccccc34)CC1)C2. The molecule has 196 valence electrons. The molecule has 2 aromatic heterocycles. The van der Waals surface area contributed by atoms with Crippen LogP contribution in [0.25, 0.3) is 16.8 Å². The number of carbonyl (C=O) groups excluding carboxylic acids is 1. The Kier molecular flexibility index (Phi) is 5.85. The van der Waals surface area contributed by atoms with Gasteiger partial charge in [-0.3, -0.25) is 14.1 Å². The molecule has 8 nitrogen and oxygen atoms in total. The number of carbonyl (C=O) groups is 1. The molecule has 3 unspecified atom stereocenters. The number of nitrogens with two attached hydrogens (primary N) is 1. The summed E-state index contributed by atoms with van der Waals surface area (Å²) in [7, 11) is 0. The zero-order valence-corrected chi connectivity index (χ0v) is 21.6. The summed E-state index contributed by atoms with van der Waals surface area (Å²) < 4.78 is 8.18. The molecule has 3 heterocycles. The number of hydrogen-bond acceptors (Lipinski definition) is 6. The fraction of sp³-hybridized carbons (Fsp3) is 0.621. The fourth-order valence-corrected chi connectivity index (χ4v) is 8.46. The zero-order chi connectivity index (χ0) is 25.0. The van der Waals surface area contributed by atoms with E-state index in [1.807, 2.05) is 18.2 Å². The Hall–Kier alpha value is -2.71. The maximum atomic E-state index is 12.6. The van der Waals surface area contributed by atoms with Gasteiger partial charge in [0.2, 0.25) is 11.7 Å². The summed E-state index contributed by atoms with van der Waals surface area (Å²) >= 11 is 0. The molecule has 4 saturated carbocycles. The van der Waals surface area contributed by atoms with Crippen molar-refractivity contribution in [3.63, 3.8) is 0 Å². The predicted octanol–water partition coefficient (Wildman–Crippen LogP) is 3.34. The number of imidazole rings is 1. The number of nitrogens with zero attached hydrogens (tertiary/aromatic N) is 5. The Morgan fingerprint density at radius 1 is 1.00 bits per heavy atom. The lowest BCUT2D eigenvalue weighted by Gasteiger charge is -2.60. The molecule has 3 atom stereocenters. The van der Waals surface area contributed by atoms with Gasteiger partial charge in [0.15, 0.2) is 0 Å². The highest BCUT2D eigenvalue weighted by molar-refractivity contribution is 5.82. The van der Waals surface area contributed by atoms with Crippen LogP contribution in [0.1, 0.15) is 38.5 Å². The quantitative estimate of drug-likeness (QED) is 0.476. The average molecular weight is 503 g/mol. The lowest BCUT2D eigenvalue weighted by atomic mass is 9.44. The van der Waals surface area contributed by atoms with E-state index in [-0.39, 0.29) is 11.3 Å². The number of ether oxygens (including phenoxy) is 1. The van der Waals surface area contributed by atoms with Gasteiger partial charge in [0, 0.05) is 45.5 Å². The van der Waals surface area contributed by atoms with Crippen LogP contribution in [0.3, 0.4) is 0 Å². The monoisotopic (exact) mass is 502 g/mol. The molecule has 4 aliphatic carbocycles. The van der Waals surface area contributed by atoms with E-state index >= 15 is 0 Å². The van der Waals surface area contributed by atoms with Gasteiger partial charge in [-0.2, -0.15) is 4.98 Å². The maximum Gasteiger partial charge on any atom is 0.236 e. The third-order valence-electron chi connectivity index (χ3n) is 10.00. The van der Waals surface area contributed by atoms with Crippen LogP contribution >= 0.6 is 0 Å². The topological polar surface area (TPSA) is 89.0 Å². The van der Waals surface area contributed by atoms with Crippen LogP contribution in [0.5, 0.6) is 0 Å². The third kappa shape index (κ3) is 4.09. The van der Waals surface area contributed by atoms with Crippen LogP contribution in [-0.4, -0.2) is 71.1 Å². The molecule has 0 spiro atoms. The Balaban J connectivity index is 0.882. The predicted molar refractivity (Wildman–Crippen MR) is 143 cm³/mol. The molecule has 5 aliphatic rings. The van der Waals surface area contributed by atoms with Gasteiger partial charge in [-0.05, 0) is 80.4 Å². The zero-order valence-electron chi connectivity index (χ0n) is 21.6. The van der Waals surface area contributed by atoms with Crippen LogP contribution in [0.2, 0.25) is 0 Å². The third-order valence-corrected chi connectivity index (χ3v) is 10.00. The van der Waals surface area contributed by atoms with Gasteiger partial charge in [0.1, 0.15) is 5.82 Å². The lowest BCUT2D eigenvalue weighted by Crippen LogP contribution is -2.58. The molecular weight excluding hydrogens is 464 g/mol. The van der Waals surface area contributed by atoms with Crippen LogP contribution in [-0.2, 0) is 9.53 Å². The van der Waals surface area contributed by atoms with Gasteiger partial charge >= 0.3 is 0 Å². The molecule has 1 aromatic carbocycles. The van der Waals surface area contributed by atoms with Crippen LogP contribution in [0.4, 0.5) is 5.82 Å². The number of aromatic nitrogens is 3. The number of para-hydroxylation sites is 2. The van der Waals surface area contributed by atoms with Gasteiger partial charge in [0.25, 0.3) is 0 Å². The van der Waals surface area contributed by atoms with Crippen molar-refractivity contribution in [1.82, 2.24) is 19.3 Å². The van der Waals surface area contributed by atoms with Crippen molar-refractivity contribution in [1.29, 1.82) is 0 Å². The van der Waals surface area contributed by atoms with E-state index in [0.29, 0.717) is 11.8 Å². The van der Waals surface area contributed by atoms with Crippen molar-refractivity contribution in [2.45, 2.75) is 38.5 Å².